The first-order valence-electron chi connectivity index (χ1n) is 10.3. The summed E-state index contributed by atoms with van der Waals surface area (Å²) in [6.45, 7) is 1.90. The van der Waals surface area contributed by atoms with Crippen molar-refractivity contribution in [1.82, 2.24) is 0 Å². The monoisotopic (exact) mass is 420 g/mol. The summed E-state index contributed by atoms with van der Waals surface area (Å²) in [5.41, 5.74) is 2.14. The Morgan fingerprint density at radius 3 is 1.48 bits per heavy atom. The first-order valence-corrected chi connectivity index (χ1v) is 10.3. The second-order valence-electron chi connectivity index (χ2n) is 7.17. The Morgan fingerprint density at radius 1 is 0.677 bits per heavy atom. The average Bonchev–Trinajstić information content (AvgIpc) is 3.14. The molecule has 3 rings (SSSR count). The quantitative estimate of drug-likeness (QED) is 0.390. The molecular formula is C26H28O5. The van der Waals surface area contributed by atoms with Crippen molar-refractivity contribution in [3.63, 3.8) is 0 Å². The molecule has 1 aliphatic rings. The van der Waals surface area contributed by atoms with Crippen LogP contribution in [0.5, 0.6) is 0 Å². The van der Waals surface area contributed by atoms with Crippen LogP contribution in [0.25, 0.3) is 0 Å². The Kier molecular flexibility index (Phi) is 9.60. The zero-order chi connectivity index (χ0) is 21.7. The topological polar surface area (TPSA) is 46.2 Å². The van der Waals surface area contributed by atoms with Crippen LogP contribution in [0.2, 0.25) is 0 Å². The van der Waals surface area contributed by atoms with Crippen LogP contribution >= 0.6 is 0 Å². The predicted molar refractivity (Wildman–Crippen MR) is 118 cm³/mol. The van der Waals surface area contributed by atoms with Gasteiger partial charge in [-0.05, 0) is 11.1 Å². The molecule has 0 amide bonds. The maximum Gasteiger partial charge on any atom is 0.115 e. The van der Waals surface area contributed by atoms with Crippen molar-refractivity contribution >= 4 is 0 Å². The van der Waals surface area contributed by atoms with Gasteiger partial charge in [-0.1, -0.05) is 72.5 Å². The van der Waals surface area contributed by atoms with E-state index in [9.17, 15) is 0 Å². The molecule has 162 valence electrons. The molecule has 1 heterocycles. The van der Waals surface area contributed by atoms with Gasteiger partial charge in [0.05, 0.1) is 26.4 Å². The van der Waals surface area contributed by atoms with Crippen molar-refractivity contribution in [2.45, 2.75) is 37.6 Å². The maximum atomic E-state index is 6.29. The van der Waals surface area contributed by atoms with Crippen molar-refractivity contribution in [3.8, 4) is 24.7 Å². The summed E-state index contributed by atoms with van der Waals surface area (Å²) in [6.07, 6.45) is 9.28. The number of hydrogen-bond acceptors (Lipinski definition) is 5. The molecule has 5 nitrogen and oxygen atoms in total. The normalized spacial score (nSPS) is 22.6. The molecule has 0 bridgehead atoms. The van der Waals surface area contributed by atoms with Gasteiger partial charge in [-0.2, -0.15) is 0 Å². The van der Waals surface area contributed by atoms with Gasteiger partial charge in [-0.25, -0.2) is 0 Å². The standard InChI is InChI=1S/C26H28O5/c1-3-15-27-19-23-25(29-17-21-11-7-5-8-12-21)26(24(31-23)20-28-16-4-2)30-18-22-13-9-6-10-14-22/h1-2,5-14,23-26H,15-20H2/t23-,24-,25-,26-/m0/s1. The highest BCUT2D eigenvalue weighted by molar-refractivity contribution is 5.14. The lowest BCUT2D eigenvalue weighted by Gasteiger charge is -2.25. The van der Waals surface area contributed by atoms with Crippen LogP contribution in [0.3, 0.4) is 0 Å². The Labute approximate surface area is 184 Å². The molecule has 5 heteroatoms. The second kappa shape index (κ2) is 12.9. The van der Waals surface area contributed by atoms with Crippen LogP contribution in [0, 0.1) is 24.7 Å². The molecule has 0 aliphatic carbocycles. The van der Waals surface area contributed by atoms with Crippen LogP contribution in [-0.2, 0) is 36.9 Å². The van der Waals surface area contributed by atoms with Crippen LogP contribution in [0.15, 0.2) is 60.7 Å². The van der Waals surface area contributed by atoms with Gasteiger partial charge in [0.1, 0.15) is 37.6 Å². The molecule has 1 aliphatic heterocycles. The zero-order valence-electron chi connectivity index (χ0n) is 17.5. The van der Waals surface area contributed by atoms with Crippen LogP contribution < -0.4 is 0 Å². The minimum atomic E-state index is -0.346. The Balaban J connectivity index is 1.72. The third-order valence-electron chi connectivity index (χ3n) is 4.91. The minimum absolute atomic E-state index is 0.207. The van der Waals surface area contributed by atoms with E-state index in [0.717, 1.165) is 11.1 Å². The minimum Gasteiger partial charge on any atom is -0.368 e. The molecule has 0 radical (unpaired) electrons. The van der Waals surface area contributed by atoms with Crippen molar-refractivity contribution in [2.75, 3.05) is 26.4 Å². The molecule has 4 atom stereocenters. The van der Waals surface area contributed by atoms with E-state index in [4.69, 9.17) is 36.5 Å². The van der Waals surface area contributed by atoms with E-state index in [0.29, 0.717) is 26.4 Å². The Bertz CT molecular complexity index is 768. The molecule has 0 saturated carbocycles. The summed E-state index contributed by atoms with van der Waals surface area (Å²) in [5, 5.41) is 0. The number of ether oxygens (including phenoxy) is 5. The molecule has 0 aromatic heterocycles. The summed E-state index contributed by atoms with van der Waals surface area (Å²) in [5.74, 6) is 4.96. The summed E-state index contributed by atoms with van der Waals surface area (Å²) in [7, 11) is 0. The fourth-order valence-corrected chi connectivity index (χ4v) is 3.48. The molecule has 2 aromatic rings. The van der Waals surface area contributed by atoms with Gasteiger partial charge in [0, 0.05) is 0 Å². The number of benzene rings is 2. The molecule has 0 unspecified atom stereocenters. The van der Waals surface area contributed by atoms with E-state index in [2.05, 4.69) is 11.8 Å². The van der Waals surface area contributed by atoms with Crippen LogP contribution in [-0.4, -0.2) is 50.8 Å². The van der Waals surface area contributed by atoms with Crippen molar-refractivity contribution < 1.29 is 23.7 Å². The maximum absolute atomic E-state index is 6.29. The molecule has 2 aromatic carbocycles. The van der Waals surface area contributed by atoms with E-state index in [1.165, 1.54) is 0 Å². The Hall–Kier alpha value is -2.64. The summed E-state index contributed by atoms with van der Waals surface area (Å²) >= 11 is 0. The summed E-state index contributed by atoms with van der Waals surface area (Å²) in [4.78, 5) is 0. The largest absolute Gasteiger partial charge is 0.368 e. The highest BCUT2D eigenvalue weighted by Gasteiger charge is 2.46. The van der Waals surface area contributed by atoms with Crippen LogP contribution in [0.1, 0.15) is 11.1 Å². The van der Waals surface area contributed by atoms with Gasteiger partial charge in [0.15, 0.2) is 0 Å². The summed E-state index contributed by atoms with van der Waals surface area (Å²) in [6, 6.07) is 20.0. The summed E-state index contributed by atoms with van der Waals surface area (Å²) < 4.78 is 29.9. The van der Waals surface area contributed by atoms with E-state index in [1.807, 2.05) is 60.7 Å². The SMILES string of the molecule is C#CCOC[C@@H]1O[C@@H](COCC#C)[C@H](OCc2ccccc2)[C@H]1OCc1ccccc1. The lowest BCUT2D eigenvalue weighted by atomic mass is 10.1. The number of hydrogen-bond donors (Lipinski definition) is 0. The highest BCUT2D eigenvalue weighted by Crippen LogP contribution is 2.29. The second-order valence-corrected chi connectivity index (χ2v) is 7.17. The molecule has 0 N–H and O–H groups in total. The van der Waals surface area contributed by atoms with E-state index < -0.39 is 0 Å². The number of terminal acetylenes is 2. The van der Waals surface area contributed by atoms with Crippen molar-refractivity contribution in [2.24, 2.45) is 0 Å². The zero-order valence-corrected chi connectivity index (χ0v) is 17.5. The first kappa shape index (κ1) is 23.0. The smallest absolute Gasteiger partial charge is 0.115 e. The highest BCUT2D eigenvalue weighted by atomic mass is 16.6. The number of rotatable bonds is 12. The average molecular weight is 421 g/mol. The third-order valence-corrected chi connectivity index (χ3v) is 4.91. The Morgan fingerprint density at radius 2 is 1.10 bits per heavy atom. The fourth-order valence-electron chi connectivity index (χ4n) is 3.48. The van der Waals surface area contributed by atoms with Crippen molar-refractivity contribution in [1.29, 1.82) is 0 Å². The molecule has 31 heavy (non-hydrogen) atoms. The van der Waals surface area contributed by atoms with E-state index in [1.54, 1.807) is 0 Å². The van der Waals surface area contributed by atoms with E-state index >= 15 is 0 Å². The van der Waals surface area contributed by atoms with Gasteiger partial charge in [-0.15, -0.1) is 12.8 Å². The predicted octanol–water partition coefficient (Wildman–Crippen LogP) is 3.22. The fraction of sp³-hybridized carbons (Fsp3) is 0.385. The van der Waals surface area contributed by atoms with Gasteiger partial charge in [0.25, 0.3) is 0 Å². The van der Waals surface area contributed by atoms with Crippen molar-refractivity contribution in [3.05, 3.63) is 71.8 Å². The van der Waals surface area contributed by atoms with E-state index in [-0.39, 0.29) is 37.6 Å². The van der Waals surface area contributed by atoms with Gasteiger partial charge < -0.3 is 23.7 Å². The third kappa shape index (κ3) is 7.22. The molecular weight excluding hydrogens is 392 g/mol. The lowest BCUT2D eigenvalue weighted by molar-refractivity contribution is -0.0891. The van der Waals surface area contributed by atoms with Gasteiger partial charge in [-0.3, -0.25) is 0 Å². The lowest BCUT2D eigenvalue weighted by Crippen LogP contribution is -2.40. The van der Waals surface area contributed by atoms with Gasteiger partial charge in [0.2, 0.25) is 0 Å². The molecule has 1 saturated heterocycles. The van der Waals surface area contributed by atoms with Crippen LogP contribution in [0.4, 0.5) is 0 Å². The molecule has 1 fully saturated rings. The first-order chi connectivity index (χ1) is 15.3. The van der Waals surface area contributed by atoms with Gasteiger partial charge >= 0.3 is 0 Å². The molecule has 0 spiro atoms.